The maximum Gasteiger partial charge on any atom is 0.138 e. The summed E-state index contributed by atoms with van der Waals surface area (Å²) >= 11 is 12.4. The SMILES string of the molecule is CCNCCC(C)CCc1cc(Cl)c(OC)cc1Cl. The standard InChI is InChI=1S/C15H23Cl2NO/c1-4-18-8-7-11(2)5-6-12-9-14(17)15(19-3)10-13(12)16/h9-11,18H,4-8H2,1-3H3. The second-order valence-electron chi connectivity index (χ2n) is 4.86. The van der Waals surface area contributed by atoms with Crippen molar-refractivity contribution >= 4 is 23.2 Å². The minimum Gasteiger partial charge on any atom is -0.495 e. The molecular formula is C15H23Cl2NO. The molecule has 0 aromatic heterocycles. The van der Waals surface area contributed by atoms with Gasteiger partial charge in [-0.3, -0.25) is 0 Å². The summed E-state index contributed by atoms with van der Waals surface area (Å²) in [4.78, 5) is 0. The normalized spacial score (nSPS) is 12.5. The fourth-order valence-electron chi connectivity index (χ4n) is 1.99. The number of aryl methyl sites for hydroxylation is 1. The Morgan fingerprint density at radius 3 is 2.58 bits per heavy atom. The van der Waals surface area contributed by atoms with E-state index in [-0.39, 0.29) is 0 Å². The molecule has 0 bridgehead atoms. The lowest BCUT2D eigenvalue weighted by molar-refractivity contribution is 0.414. The Labute approximate surface area is 126 Å². The van der Waals surface area contributed by atoms with Crippen LogP contribution in [0.4, 0.5) is 0 Å². The molecule has 1 unspecified atom stereocenters. The van der Waals surface area contributed by atoms with E-state index in [1.807, 2.05) is 6.07 Å². The van der Waals surface area contributed by atoms with Gasteiger partial charge in [-0.2, -0.15) is 0 Å². The number of rotatable bonds is 8. The van der Waals surface area contributed by atoms with Crippen molar-refractivity contribution in [3.8, 4) is 5.75 Å². The fourth-order valence-corrected chi connectivity index (χ4v) is 2.50. The first-order valence-corrected chi connectivity index (χ1v) is 7.56. The van der Waals surface area contributed by atoms with E-state index in [1.54, 1.807) is 13.2 Å². The van der Waals surface area contributed by atoms with E-state index in [1.165, 1.54) is 6.42 Å². The van der Waals surface area contributed by atoms with Crippen LogP contribution in [0.1, 0.15) is 32.3 Å². The van der Waals surface area contributed by atoms with Crippen LogP contribution in [0, 0.1) is 5.92 Å². The van der Waals surface area contributed by atoms with Gasteiger partial charge in [0.2, 0.25) is 0 Å². The van der Waals surface area contributed by atoms with Gasteiger partial charge in [-0.05, 0) is 49.9 Å². The Kier molecular flexibility index (Phi) is 7.59. The van der Waals surface area contributed by atoms with Crippen molar-refractivity contribution in [2.45, 2.75) is 33.1 Å². The lowest BCUT2D eigenvalue weighted by Gasteiger charge is -2.13. The predicted octanol–water partition coefficient (Wildman–Crippen LogP) is 4.57. The zero-order valence-electron chi connectivity index (χ0n) is 11.9. The highest BCUT2D eigenvalue weighted by atomic mass is 35.5. The van der Waals surface area contributed by atoms with Crippen molar-refractivity contribution in [1.82, 2.24) is 5.32 Å². The molecule has 0 saturated heterocycles. The second kappa shape index (κ2) is 8.68. The predicted molar refractivity (Wildman–Crippen MR) is 83.7 cm³/mol. The lowest BCUT2D eigenvalue weighted by Crippen LogP contribution is -2.16. The van der Waals surface area contributed by atoms with Crippen LogP contribution in [-0.2, 0) is 6.42 Å². The monoisotopic (exact) mass is 303 g/mol. The van der Waals surface area contributed by atoms with Crippen molar-refractivity contribution in [2.75, 3.05) is 20.2 Å². The minimum atomic E-state index is 0.627. The highest BCUT2D eigenvalue weighted by Gasteiger charge is 2.09. The van der Waals surface area contributed by atoms with Gasteiger partial charge in [0.1, 0.15) is 5.75 Å². The molecule has 0 aliphatic heterocycles. The number of halogens is 2. The van der Waals surface area contributed by atoms with Gasteiger partial charge in [0.15, 0.2) is 0 Å². The second-order valence-corrected chi connectivity index (χ2v) is 5.68. The Morgan fingerprint density at radius 2 is 1.95 bits per heavy atom. The number of nitrogens with one attached hydrogen (secondary N) is 1. The molecule has 108 valence electrons. The summed E-state index contributed by atoms with van der Waals surface area (Å²) in [5.41, 5.74) is 1.10. The molecular weight excluding hydrogens is 281 g/mol. The molecule has 1 aromatic rings. The van der Waals surface area contributed by atoms with Crippen LogP contribution >= 0.6 is 23.2 Å². The molecule has 0 spiro atoms. The number of hydrogen-bond donors (Lipinski definition) is 1. The third kappa shape index (κ3) is 5.60. The quantitative estimate of drug-likeness (QED) is 0.710. The molecule has 0 aliphatic rings. The maximum absolute atomic E-state index is 6.24. The smallest absolute Gasteiger partial charge is 0.138 e. The third-order valence-electron chi connectivity index (χ3n) is 3.29. The third-order valence-corrected chi connectivity index (χ3v) is 3.94. The molecule has 0 saturated carbocycles. The van der Waals surface area contributed by atoms with Crippen molar-refractivity contribution in [3.63, 3.8) is 0 Å². The van der Waals surface area contributed by atoms with Crippen LogP contribution in [0.15, 0.2) is 12.1 Å². The topological polar surface area (TPSA) is 21.3 Å². The average Bonchev–Trinajstić information content (AvgIpc) is 2.39. The van der Waals surface area contributed by atoms with Crippen molar-refractivity contribution in [3.05, 3.63) is 27.7 Å². The maximum atomic E-state index is 6.24. The van der Waals surface area contributed by atoms with E-state index in [4.69, 9.17) is 27.9 Å². The summed E-state index contributed by atoms with van der Waals surface area (Å²) in [6.07, 6.45) is 3.26. The Hall–Kier alpha value is -0.440. The van der Waals surface area contributed by atoms with E-state index in [0.717, 1.165) is 36.5 Å². The fraction of sp³-hybridized carbons (Fsp3) is 0.600. The van der Waals surface area contributed by atoms with Crippen molar-refractivity contribution in [2.24, 2.45) is 5.92 Å². The van der Waals surface area contributed by atoms with E-state index >= 15 is 0 Å². The van der Waals surface area contributed by atoms with Gasteiger partial charge < -0.3 is 10.1 Å². The summed E-state index contributed by atoms with van der Waals surface area (Å²) in [7, 11) is 1.60. The van der Waals surface area contributed by atoms with Gasteiger partial charge in [0.25, 0.3) is 0 Å². The van der Waals surface area contributed by atoms with Gasteiger partial charge in [-0.1, -0.05) is 37.0 Å². The molecule has 1 N–H and O–H groups in total. The van der Waals surface area contributed by atoms with Crippen LogP contribution in [0.5, 0.6) is 5.75 Å². The zero-order valence-corrected chi connectivity index (χ0v) is 13.4. The molecule has 1 aromatic carbocycles. The van der Waals surface area contributed by atoms with E-state index in [0.29, 0.717) is 16.7 Å². The molecule has 0 radical (unpaired) electrons. The van der Waals surface area contributed by atoms with Crippen LogP contribution in [-0.4, -0.2) is 20.2 Å². The number of methoxy groups -OCH3 is 1. The molecule has 1 rings (SSSR count). The first kappa shape index (κ1) is 16.6. The van der Waals surface area contributed by atoms with E-state index in [9.17, 15) is 0 Å². The molecule has 0 amide bonds. The van der Waals surface area contributed by atoms with Crippen molar-refractivity contribution in [1.29, 1.82) is 0 Å². The van der Waals surface area contributed by atoms with Gasteiger partial charge in [0, 0.05) is 11.1 Å². The largest absolute Gasteiger partial charge is 0.495 e. The lowest BCUT2D eigenvalue weighted by atomic mass is 9.98. The van der Waals surface area contributed by atoms with Crippen LogP contribution in [0.25, 0.3) is 0 Å². The van der Waals surface area contributed by atoms with Gasteiger partial charge in [-0.25, -0.2) is 0 Å². The first-order valence-electron chi connectivity index (χ1n) is 6.81. The molecule has 2 nitrogen and oxygen atoms in total. The summed E-state index contributed by atoms with van der Waals surface area (Å²) in [5, 5.41) is 4.71. The van der Waals surface area contributed by atoms with Crippen LogP contribution in [0.2, 0.25) is 10.0 Å². The molecule has 4 heteroatoms. The number of benzene rings is 1. The van der Waals surface area contributed by atoms with Gasteiger partial charge in [-0.15, -0.1) is 0 Å². The van der Waals surface area contributed by atoms with Gasteiger partial charge >= 0.3 is 0 Å². The van der Waals surface area contributed by atoms with Crippen LogP contribution < -0.4 is 10.1 Å². The molecule has 0 heterocycles. The average molecular weight is 304 g/mol. The Bertz CT molecular complexity index is 396. The first-order chi connectivity index (χ1) is 9.08. The Balaban J connectivity index is 2.51. The van der Waals surface area contributed by atoms with Crippen LogP contribution in [0.3, 0.4) is 0 Å². The summed E-state index contributed by atoms with van der Waals surface area (Å²) in [5.74, 6) is 1.31. The zero-order chi connectivity index (χ0) is 14.3. The highest BCUT2D eigenvalue weighted by molar-refractivity contribution is 6.34. The van der Waals surface area contributed by atoms with E-state index in [2.05, 4.69) is 19.2 Å². The molecule has 0 fully saturated rings. The summed E-state index contributed by atoms with van der Waals surface area (Å²) in [6, 6.07) is 3.71. The Morgan fingerprint density at radius 1 is 1.21 bits per heavy atom. The number of hydrogen-bond acceptors (Lipinski definition) is 2. The number of ether oxygens (including phenoxy) is 1. The highest BCUT2D eigenvalue weighted by Crippen LogP contribution is 2.32. The summed E-state index contributed by atoms with van der Waals surface area (Å²) < 4.78 is 5.15. The van der Waals surface area contributed by atoms with Gasteiger partial charge in [0.05, 0.1) is 12.1 Å². The summed E-state index contributed by atoms with van der Waals surface area (Å²) in [6.45, 7) is 6.52. The van der Waals surface area contributed by atoms with E-state index < -0.39 is 0 Å². The minimum absolute atomic E-state index is 0.627. The molecule has 19 heavy (non-hydrogen) atoms. The molecule has 0 aliphatic carbocycles. The van der Waals surface area contributed by atoms with Crippen molar-refractivity contribution < 1.29 is 4.74 Å². The molecule has 1 atom stereocenters.